The number of nitro groups is 1. The first-order chi connectivity index (χ1) is 10.4. The molecule has 0 radical (unpaired) electrons. The minimum Gasteiger partial charge on any atom is -0.365 e. The van der Waals surface area contributed by atoms with Gasteiger partial charge >= 0.3 is 0 Å². The summed E-state index contributed by atoms with van der Waals surface area (Å²) in [6.45, 7) is 4.03. The topological polar surface area (TPSA) is 74.5 Å². The van der Waals surface area contributed by atoms with E-state index in [-0.39, 0.29) is 29.1 Å². The summed E-state index contributed by atoms with van der Waals surface area (Å²) in [6.07, 6.45) is 7.70. The molecule has 1 aliphatic rings. The van der Waals surface area contributed by atoms with E-state index in [2.05, 4.69) is 11.9 Å². The highest BCUT2D eigenvalue weighted by atomic mass is 32.2. The molecular weight excluding hydrogens is 304 g/mol. The first kappa shape index (κ1) is 16.8. The van der Waals surface area contributed by atoms with Crippen LogP contribution in [0.25, 0.3) is 0 Å². The fraction of sp³-hybridized carbons (Fsp3) is 0.533. The highest BCUT2D eigenvalue weighted by molar-refractivity contribution is 7.91. The third-order valence-corrected chi connectivity index (χ3v) is 4.15. The predicted octanol–water partition coefficient (Wildman–Crippen LogP) is 3.31. The fourth-order valence-corrected chi connectivity index (χ4v) is 3.26. The zero-order chi connectivity index (χ0) is 16.3. The van der Waals surface area contributed by atoms with Crippen molar-refractivity contribution in [3.8, 4) is 0 Å². The molecule has 0 aliphatic carbocycles. The first-order valence-corrected chi connectivity index (χ1v) is 9.12. The summed E-state index contributed by atoms with van der Waals surface area (Å²) in [5.74, 6) is 0.908. The highest BCUT2D eigenvalue weighted by Crippen LogP contribution is 2.39. The van der Waals surface area contributed by atoms with Crippen LogP contribution in [-0.2, 0) is 20.1 Å². The Morgan fingerprint density at radius 3 is 2.86 bits per heavy atom. The molecule has 0 bridgehead atoms. The lowest BCUT2D eigenvalue weighted by Crippen LogP contribution is -2.25. The summed E-state index contributed by atoms with van der Waals surface area (Å²) in [4.78, 5) is 14.6. The second kappa shape index (κ2) is 7.11. The number of hydrogen-bond donors (Lipinski definition) is 0. The molecule has 0 amide bonds. The normalized spacial score (nSPS) is 22.0. The molecule has 0 spiro atoms. The van der Waals surface area contributed by atoms with Crippen molar-refractivity contribution < 1.29 is 13.8 Å². The van der Waals surface area contributed by atoms with Crippen LogP contribution in [0.15, 0.2) is 29.8 Å². The van der Waals surface area contributed by atoms with Crippen LogP contribution in [0.1, 0.15) is 38.4 Å². The smallest absolute Gasteiger partial charge is 0.293 e. The van der Waals surface area contributed by atoms with Gasteiger partial charge in [-0.1, -0.05) is 6.92 Å². The van der Waals surface area contributed by atoms with Crippen LogP contribution >= 0.6 is 0 Å². The summed E-state index contributed by atoms with van der Waals surface area (Å²) in [5, 5.41) is 11.2. The average molecular weight is 325 g/mol. The Morgan fingerprint density at radius 1 is 1.55 bits per heavy atom. The molecule has 0 N–H and O–H groups in total. The van der Waals surface area contributed by atoms with Gasteiger partial charge in [-0.2, -0.15) is 0 Å². The maximum absolute atomic E-state index is 11.2. The molecule has 0 saturated carbocycles. The van der Waals surface area contributed by atoms with Gasteiger partial charge in [-0.15, -0.1) is 0 Å². The summed E-state index contributed by atoms with van der Waals surface area (Å²) in [6, 6.07) is 1.65. The van der Waals surface area contributed by atoms with E-state index in [9.17, 15) is 10.1 Å². The van der Waals surface area contributed by atoms with Gasteiger partial charge in [-0.3, -0.25) is 19.3 Å². The fourth-order valence-electron chi connectivity index (χ4n) is 2.68. The average Bonchev–Trinajstić information content (AvgIpc) is 2.46. The second-order valence-electron chi connectivity index (χ2n) is 5.29. The van der Waals surface area contributed by atoms with Crippen molar-refractivity contribution in [3.63, 3.8) is 0 Å². The van der Waals surface area contributed by atoms with Crippen molar-refractivity contribution >= 4 is 16.9 Å². The lowest BCUT2D eigenvalue weighted by atomic mass is 9.96. The number of nitrogens with zero attached hydrogens (tertiary/aromatic N) is 2. The van der Waals surface area contributed by atoms with E-state index in [0.29, 0.717) is 12.0 Å². The summed E-state index contributed by atoms with van der Waals surface area (Å²) in [5.41, 5.74) is 1.68. The third kappa shape index (κ3) is 3.59. The Balaban J connectivity index is 2.36. The van der Waals surface area contributed by atoms with Gasteiger partial charge in [-0.05, 0) is 19.4 Å². The van der Waals surface area contributed by atoms with E-state index in [0.717, 1.165) is 17.8 Å². The van der Waals surface area contributed by atoms with Crippen LogP contribution in [0.5, 0.6) is 0 Å². The minimum atomic E-state index is -0.417. The molecule has 0 unspecified atom stereocenters. The molecule has 0 aromatic carbocycles. The number of rotatable bonds is 5. The Hall–Kier alpha value is -1.60. The molecule has 6 nitrogen and oxygen atoms in total. The van der Waals surface area contributed by atoms with Crippen LogP contribution < -0.4 is 0 Å². The molecule has 0 fully saturated rings. The Kier molecular flexibility index (Phi) is 5.42. The minimum absolute atomic E-state index is 0.00834. The standard InChI is InChI=1S/C15H21N2O4S/c1-5-11-10(2)20-14(8-15(11)21-22(3)4)12-6-7-16-9-13(12)17(18)19/h6-7,9-10,14H,5,8H2,1-4H3/q+1/t10-,14-/m1/s1. The van der Waals surface area contributed by atoms with Gasteiger partial charge < -0.3 is 4.74 Å². The molecule has 2 rings (SSSR count). The number of ether oxygens (including phenoxy) is 1. The van der Waals surface area contributed by atoms with Crippen LogP contribution in [0.2, 0.25) is 0 Å². The Morgan fingerprint density at radius 2 is 2.27 bits per heavy atom. The summed E-state index contributed by atoms with van der Waals surface area (Å²) >= 11 is -0.195. The molecule has 0 saturated heterocycles. The summed E-state index contributed by atoms with van der Waals surface area (Å²) < 4.78 is 12.0. The van der Waals surface area contributed by atoms with Crippen molar-refractivity contribution in [3.05, 3.63) is 45.5 Å². The maximum Gasteiger partial charge on any atom is 0.293 e. The maximum atomic E-state index is 11.2. The summed E-state index contributed by atoms with van der Waals surface area (Å²) in [7, 11) is 0. The van der Waals surface area contributed by atoms with Crippen molar-refractivity contribution in [2.45, 2.75) is 38.9 Å². The largest absolute Gasteiger partial charge is 0.365 e. The number of pyridine rings is 1. The Bertz CT molecular complexity index is 589. The van der Waals surface area contributed by atoms with E-state index in [1.165, 1.54) is 6.20 Å². The molecule has 2 atom stereocenters. The lowest BCUT2D eigenvalue weighted by molar-refractivity contribution is -0.386. The SMILES string of the molecule is CCC1=C(O[S+](C)C)C[C@H](c2ccncc2[N+](=O)[O-])O[C@@H]1C. The van der Waals surface area contributed by atoms with Gasteiger partial charge in [0.1, 0.15) is 18.7 Å². The van der Waals surface area contributed by atoms with Crippen LogP contribution in [0, 0.1) is 10.1 Å². The third-order valence-electron chi connectivity index (χ3n) is 3.61. The lowest BCUT2D eigenvalue weighted by Gasteiger charge is -2.30. The molecule has 1 aromatic heterocycles. The number of aromatic nitrogens is 1. The van der Waals surface area contributed by atoms with Gasteiger partial charge in [0.25, 0.3) is 5.69 Å². The zero-order valence-electron chi connectivity index (χ0n) is 13.2. The monoisotopic (exact) mass is 325 g/mol. The van der Waals surface area contributed by atoms with E-state index in [4.69, 9.17) is 8.92 Å². The van der Waals surface area contributed by atoms with E-state index < -0.39 is 4.92 Å². The van der Waals surface area contributed by atoms with E-state index >= 15 is 0 Å². The van der Waals surface area contributed by atoms with Crippen molar-refractivity contribution in [1.29, 1.82) is 0 Å². The molecule has 120 valence electrons. The Labute approximate surface area is 133 Å². The molecule has 7 heteroatoms. The van der Waals surface area contributed by atoms with Gasteiger partial charge in [0.2, 0.25) is 0 Å². The van der Waals surface area contributed by atoms with Crippen molar-refractivity contribution in [2.75, 3.05) is 12.5 Å². The zero-order valence-corrected chi connectivity index (χ0v) is 14.1. The van der Waals surface area contributed by atoms with Gasteiger partial charge in [0.05, 0.1) is 22.7 Å². The second-order valence-corrected chi connectivity index (χ2v) is 6.94. The van der Waals surface area contributed by atoms with Crippen LogP contribution in [0.3, 0.4) is 0 Å². The molecule has 1 aromatic rings. The molecule has 22 heavy (non-hydrogen) atoms. The van der Waals surface area contributed by atoms with Gasteiger partial charge in [0, 0.05) is 18.2 Å². The predicted molar refractivity (Wildman–Crippen MR) is 86.4 cm³/mol. The van der Waals surface area contributed by atoms with Crippen LogP contribution in [-0.4, -0.2) is 28.5 Å². The number of hydrogen-bond acceptors (Lipinski definition) is 5. The van der Waals surface area contributed by atoms with Crippen molar-refractivity contribution in [1.82, 2.24) is 4.98 Å². The van der Waals surface area contributed by atoms with Crippen molar-refractivity contribution in [2.24, 2.45) is 0 Å². The van der Waals surface area contributed by atoms with Gasteiger partial charge in [-0.25, -0.2) is 0 Å². The van der Waals surface area contributed by atoms with E-state index in [1.807, 2.05) is 19.4 Å². The molecule has 1 aliphatic heterocycles. The quantitative estimate of drug-likeness (QED) is 0.472. The van der Waals surface area contributed by atoms with E-state index in [1.54, 1.807) is 12.3 Å². The molecular formula is C15H21N2O4S+. The van der Waals surface area contributed by atoms with Crippen LogP contribution in [0.4, 0.5) is 5.69 Å². The first-order valence-electron chi connectivity index (χ1n) is 7.15. The highest BCUT2D eigenvalue weighted by Gasteiger charge is 2.34. The van der Waals surface area contributed by atoms with Gasteiger partial charge in [0.15, 0.2) is 16.9 Å². The molecule has 2 heterocycles.